The Morgan fingerprint density at radius 2 is 2.20 bits per heavy atom. The lowest BCUT2D eigenvalue weighted by Gasteiger charge is -2.03. The van der Waals surface area contributed by atoms with Crippen molar-refractivity contribution in [2.45, 2.75) is 12.5 Å². The highest BCUT2D eigenvalue weighted by Gasteiger charge is 2.28. The fourth-order valence-corrected chi connectivity index (χ4v) is 1.78. The van der Waals surface area contributed by atoms with E-state index in [2.05, 4.69) is 10.1 Å². The van der Waals surface area contributed by atoms with Crippen LogP contribution >= 0.6 is 11.6 Å². The lowest BCUT2D eigenvalue weighted by Crippen LogP contribution is -2.03. The van der Waals surface area contributed by atoms with Gasteiger partial charge in [-0.25, -0.2) is 0 Å². The molecule has 0 radical (unpaired) electrons. The Balaban J connectivity index is 1.90. The summed E-state index contributed by atoms with van der Waals surface area (Å²) in [4.78, 5) is 3.94. The number of hydrogen-bond acceptors (Lipinski definition) is 4. The molecule has 0 amide bonds. The molecule has 1 atom stereocenters. The predicted octanol–water partition coefficient (Wildman–Crippen LogP) is 2.40. The van der Waals surface area contributed by atoms with Crippen molar-refractivity contribution in [1.29, 1.82) is 0 Å². The van der Waals surface area contributed by atoms with Crippen LogP contribution in [0.2, 0.25) is 5.28 Å². The molecule has 0 N–H and O–H groups in total. The minimum Gasteiger partial charge on any atom is -0.480 e. The van der Waals surface area contributed by atoms with E-state index in [4.69, 9.17) is 20.9 Å². The lowest BCUT2D eigenvalue weighted by molar-refractivity contribution is 0.183. The quantitative estimate of drug-likeness (QED) is 0.744. The number of rotatable bonds is 1. The molecule has 1 aliphatic rings. The second-order valence-electron chi connectivity index (χ2n) is 3.32. The Morgan fingerprint density at radius 1 is 1.33 bits per heavy atom. The molecule has 1 aromatic heterocycles. The standard InChI is InChI=1S/C10H7ClN2O2/c11-10-12-9(15-13-10)8-5-6-3-1-2-4-7(6)14-8/h1-4,8H,5H2. The van der Waals surface area contributed by atoms with Gasteiger partial charge in [-0.2, -0.15) is 4.98 Å². The van der Waals surface area contributed by atoms with E-state index < -0.39 is 0 Å². The molecule has 2 heterocycles. The van der Waals surface area contributed by atoms with Gasteiger partial charge in [0.25, 0.3) is 11.2 Å². The molecule has 5 heteroatoms. The second kappa shape index (κ2) is 3.24. The first-order chi connectivity index (χ1) is 7.33. The maximum Gasteiger partial charge on any atom is 0.269 e. The highest BCUT2D eigenvalue weighted by atomic mass is 35.5. The van der Waals surface area contributed by atoms with Crippen molar-refractivity contribution in [2.24, 2.45) is 0 Å². The molecule has 0 fully saturated rings. The first kappa shape index (κ1) is 8.73. The van der Waals surface area contributed by atoms with Crippen molar-refractivity contribution in [1.82, 2.24) is 10.1 Å². The van der Waals surface area contributed by atoms with Crippen LogP contribution in [0.5, 0.6) is 5.75 Å². The number of halogens is 1. The minimum atomic E-state index is -0.206. The van der Waals surface area contributed by atoms with Crippen LogP contribution in [-0.2, 0) is 6.42 Å². The molecular formula is C10H7ClN2O2. The third kappa shape index (κ3) is 1.47. The maximum atomic E-state index is 5.65. The van der Waals surface area contributed by atoms with Crippen molar-refractivity contribution >= 4 is 11.6 Å². The monoisotopic (exact) mass is 222 g/mol. The number of fused-ring (bicyclic) bond motifs is 1. The summed E-state index contributed by atoms with van der Waals surface area (Å²) in [6.07, 6.45) is 0.539. The lowest BCUT2D eigenvalue weighted by atomic mass is 10.1. The molecule has 76 valence electrons. The van der Waals surface area contributed by atoms with Crippen molar-refractivity contribution in [3.05, 3.63) is 41.0 Å². The number of benzene rings is 1. The summed E-state index contributed by atoms with van der Waals surface area (Å²) >= 11 is 5.58. The van der Waals surface area contributed by atoms with Crippen LogP contribution in [0.25, 0.3) is 0 Å². The van der Waals surface area contributed by atoms with Gasteiger partial charge in [0, 0.05) is 6.42 Å². The molecule has 0 bridgehead atoms. The zero-order chi connectivity index (χ0) is 10.3. The number of hydrogen-bond donors (Lipinski definition) is 0. The van der Waals surface area contributed by atoms with Crippen molar-refractivity contribution in [3.8, 4) is 5.75 Å². The summed E-state index contributed by atoms with van der Waals surface area (Å²) in [5, 5.41) is 3.64. The van der Waals surface area contributed by atoms with E-state index >= 15 is 0 Å². The summed E-state index contributed by atoms with van der Waals surface area (Å²) in [6, 6.07) is 7.86. The molecule has 3 rings (SSSR count). The van der Waals surface area contributed by atoms with Gasteiger partial charge in [0.2, 0.25) is 0 Å². The van der Waals surface area contributed by atoms with Gasteiger partial charge in [-0.1, -0.05) is 18.2 Å². The first-order valence-corrected chi connectivity index (χ1v) is 4.94. The van der Waals surface area contributed by atoms with E-state index in [0.717, 1.165) is 17.7 Å². The highest BCUT2D eigenvalue weighted by Crippen LogP contribution is 2.35. The summed E-state index contributed by atoms with van der Waals surface area (Å²) in [6.45, 7) is 0. The van der Waals surface area contributed by atoms with Gasteiger partial charge in [-0.05, 0) is 28.4 Å². The van der Waals surface area contributed by atoms with Gasteiger partial charge >= 0.3 is 0 Å². The van der Waals surface area contributed by atoms with E-state index in [-0.39, 0.29) is 11.4 Å². The maximum absolute atomic E-state index is 5.65. The summed E-state index contributed by atoms with van der Waals surface area (Å²) in [5.74, 6) is 1.30. The number of para-hydroxylation sites is 1. The summed E-state index contributed by atoms with van der Waals surface area (Å²) in [7, 11) is 0. The average molecular weight is 223 g/mol. The highest BCUT2D eigenvalue weighted by molar-refractivity contribution is 6.28. The SMILES string of the molecule is Clc1noc(C2Cc3ccccc3O2)n1. The second-order valence-corrected chi connectivity index (χ2v) is 3.66. The molecule has 0 aliphatic carbocycles. The normalized spacial score (nSPS) is 18.6. The smallest absolute Gasteiger partial charge is 0.269 e. The van der Waals surface area contributed by atoms with Crippen LogP contribution < -0.4 is 4.74 Å². The van der Waals surface area contributed by atoms with E-state index in [1.165, 1.54) is 0 Å². The Hall–Kier alpha value is -1.55. The molecule has 0 saturated heterocycles. The third-order valence-corrected chi connectivity index (χ3v) is 2.49. The van der Waals surface area contributed by atoms with Crippen LogP contribution in [0, 0.1) is 0 Å². The Morgan fingerprint density at radius 3 is 2.93 bits per heavy atom. The van der Waals surface area contributed by atoms with Crippen LogP contribution in [0.4, 0.5) is 0 Å². The van der Waals surface area contributed by atoms with Gasteiger partial charge in [-0.15, -0.1) is 0 Å². The van der Waals surface area contributed by atoms with Crippen molar-refractivity contribution in [3.63, 3.8) is 0 Å². The Labute approximate surface area is 90.8 Å². The fourth-order valence-electron chi connectivity index (χ4n) is 1.67. The van der Waals surface area contributed by atoms with Crippen molar-refractivity contribution < 1.29 is 9.26 Å². The molecule has 15 heavy (non-hydrogen) atoms. The topological polar surface area (TPSA) is 48.2 Å². The van der Waals surface area contributed by atoms with Gasteiger partial charge in [-0.3, -0.25) is 0 Å². The average Bonchev–Trinajstić information content (AvgIpc) is 2.82. The molecule has 4 nitrogen and oxygen atoms in total. The Kier molecular flexibility index (Phi) is 1.89. The molecular weight excluding hydrogens is 216 g/mol. The van der Waals surface area contributed by atoms with Gasteiger partial charge in [0.15, 0.2) is 6.10 Å². The van der Waals surface area contributed by atoms with Crippen LogP contribution in [0.1, 0.15) is 17.6 Å². The number of nitrogens with zero attached hydrogens (tertiary/aromatic N) is 2. The van der Waals surface area contributed by atoms with Gasteiger partial charge in [0.05, 0.1) is 0 Å². The van der Waals surface area contributed by atoms with E-state index in [9.17, 15) is 0 Å². The zero-order valence-corrected chi connectivity index (χ0v) is 8.44. The molecule has 0 spiro atoms. The fraction of sp³-hybridized carbons (Fsp3) is 0.200. The van der Waals surface area contributed by atoms with Gasteiger partial charge < -0.3 is 9.26 Å². The van der Waals surface area contributed by atoms with Crippen molar-refractivity contribution in [2.75, 3.05) is 0 Å². The molecule has 1 aromatic carbocycles. The molecule has 0 saturated carbocycles. The van der Waals surface area contributed by atoms with E-state index in [0.29, 0.717) is 5.89 Å². The van der Waals surface area contributed by atoms with Crippen LogP contribution in [0.3, 0.4) is 0 Å². The van der Waals surface area contributed by atoms with Crippen LogP contribution in [0.15, 0.2) is 28.8 Å². The summed E-state index contributed by atoms with van der Waals surface area (Å²) < 4.78 is 10.6. The molecule has 1 aliphatic heterocycles. The van der Waals surface area contributed by atoms with Gasteiger partial charge in [0.1, 0.15) is 5.75 Å². The minimum absolute atomic E-state index is 0.115. The number of aromatic nitrogens is 2. The molecule has 1 unspecified atom stereocenters. The summed E-state index contributed by atoms with van der Waals surface area (Å²) in [5.41, 5.74) is 1.15. The van der Waals surface area contributed by atoms with E-state index in [1.807, 2.05) is 24.3 Å². The first-order valence-electron chi connectivity index (χ1n) is 4.56. The Bertz CT molecular complexity index is 473. The largest absolute Gasteiger partial charge is 0.480 e. The third-order valence-electron chi connectivity index (χ3n) is 2.34. The number of ether oxygens (including phenoxy) is 1. The predicted molar refractivity (Wildman–Crippen MR) is 52.8 cm³/mol. The zero-order valence-electron chi connectivity index (χ0n) is 7.68. The van der Waals surface area contributed by atoms with E-state index in [1.54, 1.807) is 0 Å². The molecule has 2 aromatic rings. The van der Waals surface area contributed by atoms with Crippen LogP contribution in [-0.4, -0.2) is 10.1 Å².